The van der Waals surface area contributed by atoms with Gasteiger partial charge in [0.1, 0.15) is 5.75 Å². The molecule has 0 amide bonds. The van der Waals surface area contributed by atoms with Crippen LogP contribution in [0.3, 0.4) is 0 Å². The fraction of sp³-hybridized carbons (Fsp3) is 0.500. The Labute approximate surface area is 96.4 Å². The van der Waals surface area contributed by atoms with Crippen LogP contribution in [0, 0.1) is 5.92 Å². The third-order valence-electron chi connectivity index (χ3n) is 2.05. The Bertz CT molecular complexity index is 323. The van der Waals surface area contributed by atoms with Gasteiger partial charge in [0.25, 0.3) is 0 Å². The highest BCUT2D eigenvalue weighted by molar-refractivity contribution is 6.32. The van der Waals surface area contributed by atoms with E-state index in [1.807, 2.05) is 25.1 Å². The van der Waals surface area contributed by atoms with E-state index in [0.29, 0.717) is 17.5 Å². The number of rotatable bonds is 4. The van der Waals surface area contributed by atoms with Gasteiger partial charge >= 0.3 is 0 Å². The maximum atomic E-state index is 6.08. The third kappa shape index (κ3) is 3.40. The van der Waals surface area contributed by atoms with Crippen LogP contribution in [-0.2, 0) is 0 Å². The average molecular weight is 228 g/mol. The SMILES string of the molecule is CC(C)COc1c(Cl)cccc1C(C)N. The second-order valence-corrected chi connectivity index (χ2v) is 4.56. The molecule has 0 aliphatic carbocycles. The van der Waals surface area contributed by atoms with Gasteiger partial charge in [-0.05, 0) is 18.9 Å². The van der Waals surface area contributed by atoms with E-state index < -0.39 is 0 Å². The van der Waals surface area contributed by atoms with Gasteiger partial charge in [0.15, 0.2) is 0 Å². The van der Waals surface area contributed by atoms with Crippen molar-refractivity contribution in [1.82, 2.24) is 0 Å². The Balaban J connectivity index is 2.92. The maximum absolute atomic E-state index is 6.08. The topological polar surface area (TPSA) is 35.2 Å². The molecule has 0 bridgehead atoms. The zero-order valence-electron chi connectivity index (χ0n) is 9.46. The number of ether oxygens (including phenoxy) is 1. The zero-order valence-corrected chi connectivity index (χ0v) is 10.2. The van der Waals surface area contributed by atoms with Crippen molar-refractivity contribution in [3.05, 3.63) is 28.8 Å². The van der Waals surface area contributed by atoms with Crippen LogP contribution in [0.4, 0.5) is 0 Å². The normalized spacial score (nSPS) is 12.9. The number of halogens is 1. The van der Waals surface area contributed by atoms with E-state index in [9.17, 15) is 0 Å². The molecular formula is C12H18ClNO. The van der Waals surface area contributed by atoms with Gasteiger partial charge in [-0.3, -0.25) is 0 Å². The van der Waals surface area contributed by atoms with Crippen LogP contribution < -0.4 is 10.5 Å². The first-order valence-corrected chi connectivity index (χ1v) is 5.57. The highest BCUT2D eigenvalue weighted by Gasteiger charge is 2.11. The summed E-state index contributed by atoms with van der Waals surface area (Å²) in [5.74, 6) is 1.20. The number of hydrogen-bond donors (Lipinski definition) is 1. The summed E-state index contributed by atoms with van der Waals surface area (Å²) in [6, 6.07) is 5.60. The van der Waals surface area contributed by atoms with Gasteiger partial charge in [-0.2, -0.15) is 0 Å². The molecule has 0 aromatic heterocycles. The van der Waals surface area contributed by atoms with Crippen molar-refractivity contribution in [2.24, 2.45) is 11.7 Å². The molecule has 0 fully saturated rings. The first kappa shape index (κ1) is 12.3. The van der Waals surface area contributed by atoms with E-state index in [1.54, 1.807) is 0 Å². The summed E-state index contributed by atoms with van der Waals surface area (Å²) in [4.78, 5) is 0. The lowest BCUT2D eigenvalue weighted by Gasteiger charge is -2.16. The van der Waals surface area contributed by atoms with Crippen LogP contribution in [0.25, 0.3) is 0 Å². The van der Waals surface area contributed by atoms with Gasteiger partial charge in [0.05, 0.1) is 11.6 Å². The molecule has 0 heterocycles. The van der Waals surface area contributed by atoms with E-state index in [1.165, 1.54) is 0 Å². The predicted molar refractivity (Wildman–Crippen MR) is 64.4 cm³/mol. The van der Waals surface area contributed by atoms with Gasteiger partial charge in [0.2, 0.25) is 0 Å². The van der Waals surface area contributed by atoms with Crippen molar-refractivity contribution in [3.8, 4) is 5.75 Å². The summed E-state index contributed by atoms with van der Waals surface area (Å²) >= 11 is 6.08. The molecule has 2 nitrogen and oxygen atoms in total. The lowest BCUT2D eigenvalue weighted by Crippen LogP contribution is -2.11. The fourth-order valence-corrected chi connectivity index (χ4v) is 1.52. The molecule has 0 aliphatic heterocycles. The average Bonchev–Trinajstić information content (AvgIpc) is 2.15. The fourth-order valence-electron chi connectivity index (χ4n) is 1.29. The Hall–Kier alpha value is -0.730. The second-order valence-electron chi connectivity index (χ2n) is 4.15. The van der Waals surface area contributed by atoms with Gasteiger partial charge < -0.3 is 10.5 Å². The Morgan fingerprint density at radius 1 is 1.33 bits per heavy atom. The largest absolute Gasteiger partial charge is 0.491 e. The number of hydrogen-bond acceptors (Lipinski definition) is 2. The van der Waals surface area contributed by atoms with Crippen LogP contribution in [0.1, 0.15) is 32.4 Å². The number of para-hydroxylation sites is 1. The molecule has 1 unspecified atom stereocenters. The maximum Gasteiger partial charge on any atom is 0.142 e. The summed E-state index contributed by atoms with van der Waals surface area (Å²) in [7, 11) is 0. The van der Waals surface area contributed by atoms with Crippen LogP contribution in [0.2, 0.25) is 5.02 Å². The summed E-state index contributed by atoms with van der Waals surface area (Å²) < 4.78 is 5.68. The highest BCUT2D eigenvalue weighted by Crippen LogP contribution is 2.32. The van der Waals surface area contributed by atoms with Gasteiger partial charge in [-0.1, -0.05) is 37.6 Å². The summed E-state index contributed by atoms with van der Waals surface area (Å²) in [5, 5.41) is 0.630. The molecule has 0 aliphatic rings. The van der Waals surface area contributed by atoms with Crippen molar-refractivity contribution in [3.63, 3.8) is 0 Å². The highest BCUT2D eigenvalue weighted by atomic mass is 35.5. The lowest BCUT2D eigenvalue weighted by molar-refractivity contribution is 0.267. The standard InChI is InChI=1S/C12H18ClNO/c1-8(2)7-15-12-10(9(3)14)5-4-6-11(12)13/h4-6,8-9H,7,14H2,1-3H3. The van der Waals surface area contributed by atoms with Gasteiger partial charge in [-0.25, -0.2) is 0 Å². The minimum Gasteiger partial charge on any atom is -0.491 e. The van der Waals surface area contributed by atoms with Gasteiger partial charge in [0, 0.05) is 11.6 Å². The monoisotopic (exact) mass is 227 g/mol. The van der Waals surface area contributed by atoms with E-state index in [2.05, 4.69) is 13.8 Å². The molecule has 1 aromatic carbocycles. The zero-order chi connectivity index (χ0) is 11.4. The minimum atomic E-state index is -0.0640. The van der Waals surface area contributed by atoms with E-state index in [4.69, 9.17) is 22.1 Å². The molecule has 0 spiro atoms. The van der Waals surface area contributed by atoms with E-state index in [0.717, 1.165) is 11.3 Å². The predicted octanol–water partition coefficient (Wildman–Crippen LogP) is 3.39. The van der Waals surface area contributed by atoms with Gasteiger partial charge in [-0.15, -0.1) is 0 Å². The molecule has 84 valence electrons. The molecule has 3 heteroatoms. The number of benzene rings is 1. The lowest BCUT2D eigenvalue weighted by atomic mass is 10.1. The minimum absolute atomic E-state index is 0.0640. The van der Waals surface area contributed by atoms with Crippen molar-refractivity contribution in [2.75, 3.05) is 6.61 Å². The second kappa shape index (κ2) is 5.38. The van der Waals surface area contributed by atoms with Crippen molar-refractivity contribution < 1.29 is 4.74 Å². The Kier molecular flexibility index (Phi) is 4.43. The molecule has 0 saturated heterocycles. The molecular weight excluding hydrogens is 210 g/mol. The molecule has 0 saturated carbocycles. The van der Waals surface area contributed by atoms with Crippen molar-refractivity contribution >= 4 is 11.6 Å². The van der Waals surface area contributed by atoms with Crippen LogP contribution in [0.15, 0.2) is 18.2 Å². The first-order valence-electron chi connectivity index (χ1n) is 5.19. The van der Waals surface area contributed by atoms with Crippen molar-refractivity contribution in [2.45, 2.75) is 26.8 Å². The summed E-state index contributed by atoms with van der Waals surface area (Å²) in [6.45, 7) is 6.78. The molecule has 2 N–H and O–H groups in total. The van der Waals surface area contributed by atoms with E-state index >= 15 is 0 Å². The molecule has 15 heavy (non-hydrogen) atoms. The smallest absolute Gasteiger partial charge is 0.142 e. The number of nitrogens with two attached hydrogens (primary N) is 1. The van der Waals surface area contributed by atoms with Crippen LogP contribution in [0.5, 0.6) is 5.75 Å². The van der Waals surface area contributed by atoms with Crippen LogP contribution in [-0.4, -0.2) is 6.61 Å². The Morgan fingerprint density at radius 2 is 2.00 bits per heavy atom. The molecule has 1 atom stereocenters. The first-order chi connectivity index (χ1) is 7.02. The Morgan fingerprint density at radius 3 is 2.53 bits per heavy atom. The van der Waals surface area contributed by atoms with Crippen LogP contribution >= 0.6 is 11.6 Å². The molecule has 1 aromatic rings. The molecule has 1 rings (SSSR count). The van der Waals surface area contributed by atoms with Crippen molar-refractivity contribution in [1.29, 1.82) is 0 Å². The third-order valence-corrected chi connectivity index (χ3v) is 2.35. The molecule has 0 radical (unpaired) electrons. The van der Waals surface area contributed by atoms with E-state index in [-0.39, 0.29) is 6.04 Å². The quantitative estimate of drug-likeness (QED) is 0.856. The summed E-state index contributed by atoms with van der Waals surface area (Å²) in [6.07, 6.45) is 0. The summed E-state index contributed by atoms with van der Waals surface area (Å²) in [5.41, 5.74) is 6.81.